The van der Waals surface area contributed by atoms with Crippen molar-refractivity contribution in [3.05, 3.63) is 64.7 Å². The van der Waals surface area contributed by atoms with E-state index in [1.807, 2.05) is 6.92 Å². The highest BCUT2D eigenvalue weighted by molar-refractivity contribution is 7.99. The van der Waals surface area contributed by atoms with E-state index in [0.29, 0.717) is 17.5 Å². The third kappa shape index (κ3) is 6.38. The number of benzene rings is 2. The predicted molar refractivity (Wildman–Crippen MR) is 117 cm³/mol. The number of thioether (sulfide) groups is 1. The zero-order valence-electron chi connectivity index (χ0n) is 17.5. The molecule has 33 heavy (non-hydrogen) atoms. The fraction of sp³-hybridized carbons (Fsp3) is 0.286. The molecule has 3 rings (SSSR count). The molecule has 0 radical (unpaired) electrons. The number of rotatable bonds is 8. The van der Waals surface area contributed by atoms with Crippen molar-refractivity contribution < 1.29 is 27.1 Å². The number of hydrogen-bond donors (Lipinski definition) is 1. The average molecular weight is 503 g/mol. The molecule has 0 aliphatic rings. The zero-order valence-corrected chi connectivity index (χ0v) is 19.1. The lowest BCUT2D eigenvalue weighted by atomic mass is 10.2. The van der Waals surface area contributed by atoms with Crippen LogP contribution in [-0.2, 0) is 17.5 Å². The summed E-state index contributed by atoms with van der Waals surface area (Å²) < 4.78 is 59.3. The standard InChI is InChI=1S/C21H19ClF4N4O2S/c1-3-30-19(12(2)32-17-8-7-14(23)10-16(17)22)28-29-20(30)33-11-18(31)27-15-6-4-5-13(9-15)21(24,25)26/h4-10,12H,3,11H2,1-2H3,(H,27,31). The van der Waals surface area contributed by atoms with Gasteiger partial charge in [0.15, 0.2) is 17.1 Å². The fourth-order valence-corrected chi connectivity index (χ4v) is 3.94. The van der Waals surface area contributed by atoms with E-state index < -0.39 is 29.6 Å². The SMILES string of the molecule is CCn1c(SCC(=O)Nc2cccc(C(F)(F)F)c2)nnc1C(C)Oc1ccc(F)cc1Cl. The van der Waals surface area contributed by atoms with Crippen LogP contribution >= 0.6 is 23.4 Å². The Morgan fingerprint density at radius 2 is 2.00 bits per heavy atom. The summed E-state index contributed by atoms with van der Waals surface area (Å²) in [5, 5.41) is 11.2. The minimum absolute atomic E-state index is 0.0475. The summed E-state index contributed by atoms with van der Waals surface area (Å²) in [6.45, 7) is 4.06. The Labute approximate surface area is 196 Å². The molecule has 2 aromatic carbocycles. The number of alkyl halides is 3. The van der Waals surface area contributed by atoms with Crippen molar-refractivity contribution in [1.82, 2.24) is 14.8 Å². The molecular weight excluding hydrogens is 484 g/mol. The van der Waals surface area contributed by atoms with Gasteiger partial charge in [0.25, 0.3) is 0 Å². The Hall–Kier alpha value is -2.79. The van der Waals surface area contributed by atoms with Gasteiger partial charge in [-0.15, -0.1) is 10.2 Å². The topological polar surface area (TPSA) is 69.0 Å². The number of hydrogen-bond acceptors (Lipinski definition) is 5. The lowest BCUT2D eigenvalue weighted by Gasteiger charge is -2.16. The van der Waals surface area contributed by atoms with E-state index >= 15 is 0 Å². The van der Waals surface area contributed by atoms with Crippen molar-refractivity contribution >= 4 is 35.0 Å². The largest absolute Gasteiger partial charge is 0.481 e. The van der Waals surface area contributed by atoms with Crippen molar-refractivity contribution in [3.8, 4) is 5.75 Å². The second-order valence-corrected chi connectivity index (χ2v) is 8.18. The number of carbonyl (C=O) groups excluding carboxylic acids is 1. The third-order valence-corrected chi connectivity index (χ3v) is 5.69. The maximum atomic E-state index is 13.2. The summed E-state index contributed by atoms with van der Waals surface area (Å²) in [5.41, 5.74) is -0.801. The molecule has 176 valence electrons. The summed E-state index contributed by atoms with van der Waals surface area (Å²) in [6.07, 6.45) is -5.07. The lowest BCUT2D eigenvalue weighted by molar-refractivity contribution is -0.137. The van der Waals surface area contributed by atoms with Gasteiger partial charge < -0.3 is 14.6 Å². The summed E-state index contributed by atoms with van der Waals surface area (Å²) in [4.78, 5) is 12.3. The highest BCUT2D eigenvalue weighted by Gasteiger charge is 2.30. The maximum absolute atomic E-state index is 13.2. The minimum Gasteiger partial charge on any atom is -0.481 e. The van der Waals surface area contributed by atoms with Gasteiger partial charge >= 0.3 is 6.18 Å². The van der Waals surface area contributed by atoms with Gasteiger partial charge in [-0.2, -0.15) is 13.2 Å². The first-order valence-corrected chi connectivity index (χ1v) is 11.1. The molecule has 0 fully saturated rings. The van der Waals surface area contributed by atoms with Gasteiger partial charge in [-0.3, -0.25) is 4.79 Å². The molecule has 1 amide bonds. The molecule has 0 spiro atoms. The van der Waals surface area contributed by atoms with Crippen LogP contribution in [0.25, 0.3) is 0 Å². The van der Waals surface area contributed by atoms with Gasteiger partial charge in [-0.1, -0.05) is 29.4 Å². The fourth-order valence-electron chi connectivity index (χ4n) is 2.92. The maximum Gasteiger partial charge on any atom is 0.416 e. The van der Waals surface area contributed by atoms with Crippen molar-refractivity contribution in [2.24, 2.45) is 0 Å². The molecule has 3 aromatic rings. The summed E-state index contributed by atoms with van der Waals surface area (Å²) in [7, 11) is 0. The van der Waals surface area contributed by atoms with Crippen molar-refractivity contribution in [2.45, 2.75) is 37.8 Å². The lowest BCUT2D eigenvalue weighted by Crippen LogP contribution is -2.16. The number of halogens is 5. The smallest absolute Gasteiger partial charge is 0.416 e. The molecule has 1 heterocycles. The highest BCUT2D eigenvalue weighted by atomic mass is 35.5. The van der Waals surface area contributed by atoms with E-state index in [-0.39, 0.29) is 22.2 Å². The Kier molecular flexibility index (Phi) is 7.85. The van der Waals surface area contributed by atoms with E-state index in [1.54, 1.807) is 11.5 Å². The molecule has 0 aliphatic heterocycles. The van der Waals surface area contributed by atoms with Crippen LogP contribution in [0.4, 0.5) is 23.2 Å². The number of nitrogens with one attached hydrogen (secondary N) is 1. The van der Waals surface area contributed by atoms with Crippen LogP contribution in [0, 0.1) is 5.82 Å². The van der Waals surface area contributed by atoms with E-state index in [1.165, 1.54) is 24.3 Å². The minimum atomic E-state index is -4.50. The van der Waals surface area contributed by atoms with Gasteiger partial charge in [0.1, 0.15) is 11.6 Å². The molecular formula is C21H19ClF4N4O2S. The summed E-state index contributed by atoms with van der Waals surface area (Å²) in [6, 6.07) is 8.17. The van der Waals surface area contributed by atoms with Gasteiger partial charge in [0, 0.05) is 12.2 Å². The molecule has 0 saturated heterocycles. The molecule has 1 atom stereocenters. The third-order valence-electron chi connectivity index (χ3n) is 4.43. The molecule has 1 N–H and O–H groups in total. The predicted octanol–water partition coefficient (Wildman–Crippen LogP) is 5.98. The van der Waals surface area contributed by atoms with Crippen LogP contribution < -0.4 is 10.1 Å². The van der Waals surface area contributed by atoms with Crippen LogP contribution in [0.3, 0.4) is 0 Å². The van der Waals surface area contributed by atoms with Gasteiger partial charge in [-0.25, -0.2) is 4.39 Å². The van der Waals surface area contributed by atoms with Crippen LogP contribution in [0.1, 0.15) is 31.3 Å². The van der Waals surface area contributed by atoms with Crippen LogP contribution in [0.5, 0.6) is 5.75 Å². The molecule has 0 bridgehead atoms. The molecule has 0 saturated carbocycles. The molecule has 6 nitrogen and oxygen atoms in total. The first kappa shape index (κ1) is 24.8. The Bertz CT molecular complexity index is 1140. The number of anilines is 1. The Balaban J connectivity index is 1.64. The van der Waals surface area contributed by atoms with Crippen LogP contribution in [0.15, 0.2) is 47.6 Å². The Morgan fingerprint density at radius 3 is 2.67 bits per heavy atom. The number of ether oxygens (including phenoxy) is 1. The monoisotopic (exact) mass is 502 g/mol. The van der Waals surface area contributed by atoms with E-state index in [2.05, 4.69) is 15.5 Å². The highest BCUT2D eigenvalue weighted by Crippen LogP contribution is 2.32. The zero-order chi connectivity index (χ0) is 24.2. The van der Waals surface area contributed by atoms with Gasteiger partial charge in [0.05, 0.1) is 16.3 Å². The van der Waals surface area contributed by atoms with E-state index in [9.17, 15) is 22.4 Å². The summed E-state index contributed by atoms with van der Waals surface area (Å²) in [5.74, 6) is -0.315. The van der Waals surface area contributed by atoms with Gasteiger partial charge in [-0.05, 0) is 50.2 Å². The van der Waals surface area contributed by atoms with Crippen LogP contribution in [0.2, 0.25) is 5.02 Å². The number of carbonyl (C=O) groups is 1. The van der Waals surface area contributed by atoms with Crippen molar-refractivity contribution in [2.75, 3.05) is 11.1 Å². The molecule has 1 unspecified atom stereocenters. The molecule has 12 heteroatoms. The normalized spacial score (nSPS) is 12.5. The number of amides is 1. The van der Waals surface area contributed by atoms with Crippen LogP contribution in [-0.4, -0.2) is 26.4 Å². The van der Waals surface area contributed by atoms with Crippen molar-refractivity contribution in [1.29, 1.82) is 0 Å². The first-order chi connectivity index (χ1) is 15.6. The quantitative estimate of drug-likeness (QED) is 0.303. The number of aromatic nitrogens is 3. The second-order valence-electron chi connectivity index (χ2n) is 6.84. The van der Waals surface area contributed by atoms with E-state index in [0.717, 1.165) is 30.0 Å². The van der Waals surface area contributed by atoms with E-state index in [4.69, 9.17) is 16.3 Å². The second kappa shape index (κ2) is 10.4. The summed E-state index contributed by atoms with van der Waals surface area (Å²) >= 11 is 7.09. The molecule has 1 aromatic heterocycles. The van der Waals surface area contributed by atoms with Crippen molar-refractivity contribution in [3.63, 3.8) is 0 Å². The first-order valence-electron chi connectivity index (χ1n) is 9.73. The number of nitrogens with zero attached hydrogens (tertiary/aromatic N) is 3. The molecule has 0 aliphatic carbocycles. The van der Waals surface area contributed by atoms with Gasteiger partial charge in [0.2, 0.25) is 5.91 Å². The Morgan fingerprint density at radius 1 is 1.24 bits per heavy atom. The average Bonchev–Trinajstić information content (AvgIpc) is 3.17.